The summed E-state index contributed by atoms with van der Waals surface area (Å²) in [5.74, 6) is 0.0575. The quantitative estimate of drug-likeness (QED) is 0.945. The number of aromatic nitrogens is 2. The number of rotatable bonds is 3. The largest absolute Gasteiger partial charge is 0.334 e. The lowest BCUT2D eigenvalue weighted by Gasteiger charge is -2.35. The fraction of sp³-hybridized carbons (Fsp3) is 0.389. The normalized spacial score (nSPS) is 18.0. The number of carbonyl (C=O) groups is 1. The second kappa shape index (κ2) is 6.87. The van der Waals surface area contributed by atoms with Crippen molar-refractivity contribution >= 4 is 5.91 Å². The van der Waals surface area contributed by atoms with E-state index < -0.39 is 0 Å². The van der Waals surface area contributed by atoms with E-state index in [0.717, 1.165) is 42.8 Å². The number of hydrogen-bond donors (Lipinski definition) is 1. The second-order valence-corrected chi connectivity index (χ2v) is 6.02. The number of hydrogen-bond acceptors (Lipinski definition) is 4. The van der Waals surface area contributed by atoms with Gasteiger partial charge in [0.1, 0.15) is 0 Å². The molecule has 1 unspecified atom stereocenters. The van der Waals surface area contributed by atoms with Crippen LogP contribution < -0.4 is 5.73 Å². The predicted molar refractivity (Wildman–Crippen MR) is 89.9 cm³/mol. The van der Waals surface area contributed by atoms with Crippen molar-refractivity contribution in [3.63, 3.8) is 0 Å². The van der Waals surface area contributed by atoms with Crippen molar-refractivity contribution in [2.45, 2.75) is 32.2 Å². The summed E-state index contributed by atoms with van der Waals surface area (Å²) in [6.07, 6.45) is 3.18. The second-order valence-electron chi connectivity index (χ2n) is 6.02. The molecule has 1 aliphatic heterocycles. The van der Waals surface area contributed by atoms with Crippen LogP contribution >= 0.6 is 0 Å². The summed E-state index contributed by atoms with van der Waals surface area (Å²) in [4.78, 5) is 14.8. The zero-order chi connectivity index (χ0) is 16.2. The first-order valence-corrected chi connectivity index (χ1v) is 8.11. The Morgan fingerprint density at radius 2 is 2.13 bits per heavy atom. The van der Waals surface area contributed by atoms with Crippen molar-refractivity contribution in [1.82, 2.24) is 15.1 Å². The van der Waals surface area contributed by atoms with Crippen LogP contribution in [0, 0.1) is 6.92 Å². The monoisotopic (exact) mass is 310 g/mol. The van der Waals surface area contributed by atoms with Crippen LogP contribution in [0.25, 0.3) is 11.3 Å². The minimum Gasteiger partial charge on any atom is -0.334 e. The smallest absolute Gasteiger partial charge is 0.254 e. The zero-order valence-electron chi connectivity index (χ0n) is 13.4. The number of piperidine rings is 1. The van der Waals surface area contributed by atoms with Gasteiger partial charge in [0, 0.05) is 30.3 Å². The molecule has 0 spiro atoms. The van der Waals surface area contributed by atoms with E-state index in [2.05, 4.69) is 10.2 Å². The van der Waals surface area contributed by atoms with Crippen LogP contribution in [0.1, 0.15) is 35.3 Å². The average molecular weight is 310 g/mol. The first-order chi connectivity index (χ1) is 11.2. The SMILES string of the molecule is Cc1ccc(-c2cccc(C(=O)N3CCCCC3CN)c2)nn1. The Morgan fingerprint density at radius 3 is 2.87 bits per heavy atom. The molecule has 1 atom stereocenters. The molecule has 1 saturated heterocycles. The van der Waals surface area contributed by atoms with E-state index in [0.29, 0.717) is 12.1 Å². The van der Waals surface area contributed by atoms with Crippen molar-refractivity contribution in [3.05, 3.63) is 47.7 Å². The molecular formula is C18H22N4O. The van der Waals surface area contributed by atoms with Gasteiger partial charge in [0.25, 0.3) is 5.91 Å². The molecule has 0 saturated carbocycles. The van der Waals surface area contributed by atoms with Gasteiger partial charge in [-0.15, -0.1) is 0 Å². The van der Waals surface area contributed by atoms with Crippen molar-refractivity contribution < 1.29 is 4.79 Å². The molecule has 23 heavy (non-hydrogen) atoms. The molecule has 2 N–H and O–H groups in total. The molecule has 1 fully saturated rings. The summed E-state index contributed by atoms with van der Waals surface area (Å²) in [7, 11) is 0. The molecule has 3 rings (SSSR count). The molecular weight excluding hydrogens is 288 g/mol. The van der Waals surface area contributed by atoms with E-state index in [1.54, 1.807) is 0 Å². The summed E-state index contributed by atoms with van der Waals surface area (Å²) < 4.78 is 0. The Labute approximate surface area is 136 Å². The number of amides is 1. The van der Waals surface area contributed by atoms with E-state index in [9.17, 15) is 4.79 Å². The number of nitrogens with zero attached hydrogens (tertiary/aromatic N) is 3. The van der Waals surface area contributed by atoms with Crippen LogP contribution in [0.15, 0.2) is 36.4 Å². The molecule has 2 heterocycles. The molecule has 0 radical (unpaired) electrons. The van der Waals surface area contributed by atoms with Crippen LogP contribution in [0.4, 0.5) is 0 Å². The van der Waals surface area contributed by atoms with Crippen molar-refractivity contribution in [3.8, 4) is 11.3 Å². The molecule has 1 aromatic heterocycles. The third-order valence-corrected chi connectivity index (χ3v) is 4.36. The molecule has 0 bridgehead atoms. The fourth-order valence-corrected chi connectivity index (χ4v) is 3.04. The number of likely N-dealkylation sites (tertiary alicyclic amines) is 1. The highest BCUT2D eigenvalue weighted by atomic mass is 16.2. The van der Waals surface area contributed by atoms with Gasteiger partial charge in [-0.3, -0.25) is 4.79 Å². The van der Waals surface area contributed by atoms with E-state index in [1.165, 1.54) is 0 Å². The lowest BCUT2D eigenvalue weighted by Crippen LogP contribution is -2.47. The van der Waals surface area contributed by atoms with Crippen LogP contribution in [-0.4, -0.2) is 40.1 Å². The maximum Gasteiger partial charge on any atom is 0.254 e. The molecule has 1 amide bonds. The summed E-state index contributed by atoms with van der Waals surface area (Å²) in [5, 5.41) is 8.28. The summed E-state index contributed by atoms with van der Waals surface area (Å²) in [6.45, 7) is 3.21. The van der Waals surface area contributed by atoms with Gasteiger partial charge in [-0.05, 0) is 50.5 Å². The Kier molecular flexibility index (Phi) is 4.67. The highest BCUT2D eigenvalue weighted by Crippen LogP contribution is 2.22. The summed E-state index contributed by atoms with van der Waals surface area (Å²) in [5.41, 5.74) is 9.08. The highest BCUT2D eigenvalue weighted by molar-refractivity contribution is 5.95. The lowest BCUT2D eigenvalue weighted by atomic mass is 10.00. The van der Waals surface area contributed by atoms with Gasteiger partial charge in [0.15, 0.2) is 0 Å². The minimum absolute atomic E-state index is 0.0575. The molecule has 1 aromatic carbocycles. The van der Waals surface area contributed by atoms with Crippen LogP contribution in [0.5, 0.6) is 0 Å². The zero-order valence-corrected chi connectivity index (χ0v) is 13.4. The topological polar surface area (TPSA) is 72.1 Å². The van der Waals surface area contributed by atoms with E-state index in [4.69, 9.17) is 5.73 Å². The number of carbonyl (C=O) groups excluding carboxylic acids is 1. The number of nitrogens with two attached hydrogens (primary N) is 1. The van der Waals surface area contributed by atoms with Crippen molar-refractivity contribution in [1.29, 1.82) is 0 Å². The number of aryl methyl sites for hydroxylation is 1. The van der Waals surface area contributed by atoms with Gasteiger partial charge in [0.05, 0.1) is 11.4 Å². The third kappa shape index (κ3) is 3.40. The standard InChI is InChI=1S/C18H22N4O/c1-13-8-9-17(21-20-13)14-5-4-6-15(11-14)18(23)22-10-3-2-7-16(22)12-19/h4-6,8-9,11,16H,2-3,7,10,12,19H2,1H3. The highest BCUT2D eigenvalue weighted by Gasteiger charge is 2.26. The van der Waals surface area contributed by atoms with Crippen LogP contribution in [0.3, 0.4) is 0 Å². The Morgan fingerprint density at radius 1 is 1.26 bits per heavy atom. The lowest BCUT2D eigenvalue weighted by molar-refractivity contribution is 0.0623. The first-order valence-electron chi connectivity index (χ1n) is 8.11. The summed E-state index contributed by atoms with van der Waals surface area (Å²) >= 11 is 0. The maximum atomic E-state index is 12.8. The van der Waals surface area contributed by atoms with Crippen LogP contribution in [-0.2, 0) is 0 Å². The Bertz CT molecular complexity index is 684. The van der Waals surface area contributed by atoms with Gasteiger partial charge in [-0.1, -0.05) is 12.1 Å². The molecule has 120 valence electrons. The maximum absolute atomic E-state index is 12.8. The van der Waals surface area contributed by atoms with Gasteiger partial charge in [-0.2, -0.15) is 10.2 Å². The van der Waals surface area contributed by atoms with Gasteiger partial charge in [0.2, 0.25) is 0 Å². The van der Waals surface area contributed by atoms with Crippen molar-refractivity contribution in [2.24, 2.45) is 5.73 Å². The molecule has 5 nitrogen and oxygen atoms in total. The van der Waals surface area contributed by atoms with Crippen LogP contribution in [0.2, 0.25) is 0 Å². The Hall–Kier alpha value is -2.27. The van der Waals surface area contributed by atoms with Gasteiger partial charge >= 0.3 is 0 Å². The third-order valence-electron chi connectivity index (χ3n) is 4.36. The van der Waals surface area contributed by atoms with E-state index in [-0.39, 0.29) is 11.9 Å². The fourth-order valence-electron chi connectivity index (χ4n) is 3.04. The molecule has 2 aromatic rings. The van der Waals surface area contributed by atoms with Gasteiger partial charge in [-0.25, -0.2) is 0 Å². The first kappa shape index (κ1) is 15.6. The van der Waals surface area contributed by atoms with Gasteiger partial charge < -0.3 is 10.6 Å². The van der Waals surface area contributed by atoms with E-state index in [1.807, 2.05) is 48.2 Å². The average Bonchev–Trinajstić information content (AvgIpc) is 2.62. The molecule has 1 aliphatic rings. The number of benzene rings is 1. The van der Waals surface area contributed by atoms with Crippen molar-refractivity contribution in [2.75, 3.05) is 13.1 Å². The Balaban J connectivity index is 1.86. The molecule has 5 heteroatoms. The molecule has 0 aliphatic carbocycles. The summed E-state index contributed by atoms with van der Waals surface area (Å²) in [6, 6.07) is 11.6. The predicted octanol–water partition coefficient (Wildman–Crippen LogP) is 2.41. The minimum atomic E-state index is 0.0575. The van der Waals surface area contributed by atoms with E-state index >= 15 is 0 Å².